The third-order valence-electron chi connectivity index (χ3n) is 9.93. The number of rotatable bonds is 38. The number of allylic oxidation sites excluding steroid dienone is 4. The van der Waals surface area contributed by atoms with E-state index in [0.29, 0.717) is 11.5 Å². The number of thiol groups is 2. The Bertz CT molecular complexity index is 781. The minimum Gasteiger partial charge on any atom is -0.0885 e. The van der Waals surface area contributed by atoms with Crippen molar-refractivity contribution in [3.63, 3.8) is 0 Å². The van der Waals surface area contributed by atoms with Crippen LogP contribution in [0.1, 0.15) is 206 Å². The molecule has 4 nitrogen and oxygen atoms in total. The molecule has 0 aliphatic heterocycles. The van der Waals surface area contributed by atoms with E-state index in [1.807, 2.05) is 9.88 Å². The van der Waals surface area contributed by atoms with Gasteiger partial charge in [0.25, 0.3) is 0 Å². The van der Waals surface area contributed by atoms with Gasteiger partial charge in [-0.1, -0.05) is 90.2 Å². The summed E-state index contributed by atoms with van der Waals surface area (Å²) in [6.07, 6.45) is 46.6. The first-order chi connectivity index (χ1) is 24.8. The van der Waals surface area contributed by atoms with Crippen LogP contribution in [0.2, 0.25) is 9.88 Å². The molecule has 0 saturated carbocycles. The molecule has 51 heavy (non-hydrogen) atoms. The van der Waals surface area contributed by atoms with Gasteiger partial charge in [-0.2, -0.15) is 0 Å². The molecule has 0 aliphatic rings. The zero-order chi connectivity index (χ0) is 37.7. The van der Waals surface area contributed by atoms with Crippen LogP contribution in [0, 0.1) is 11.8 Å². The molecule has 0 heterocycles. The second-order valence-corrected chi connectivity index (χ2v) is 25.3. The van der Waals surface area contributed by atoms with E-state index in [-0.39, 0.29) is 23.8 Å². The van der Waals surface area contributed by atoms with Crippen LogP contribution in [-0.4, -0.2) is 42.6 Å². The average Bonchev–Trinajstić information content (AvgIpc) is 3.10. The molecule has 0 radical (unpaired) electrons. The van der Waals surface area contributed by atoms with Gasteiger partial charge in [0, 0.05) is 0 Å². The van der Waals surface area contributed by atoms with Gasteiger partial charge in [0.15, 0.2) is 0 Å². The van der Waals surface area contributed by atoms with E-state index in [0.717, 1.165) is 38.5 Å². The Balaban J connectivity index is 4.01. The zero-order valence-electron chi connectivity index (χ0n) is 34.1. The van der Waals surface area contributed by atoms with E-state index in [9.17, 15) is 9.59 Å². The van der Waals surface area contributed by atoms with E-state index in [1.54, 1.807) is 0 Å². The molecule has 0 bridgehead atoms. The Morgan fingerprint density at radius 2 is 0.706 bits per heavy atom. The summed E-state index contributed by atoms with van der Waals surface area (Å²) in [5, 5.41) is 0. The van der Waals surface area contributed by atoms with Crippen LogP contribution >= 0.6 is 25.3 Å². The van der Waals surface area contributed by atoms with Crippen LogP contribution in [-0.2, 0) is 15.7 Å². The van der Waals surface area contributed by atoms with E-state index < -0.39 is 19.2 Å². The number of carbonyl (C=O) groups is 2. The van der Waals surface area contributed by atoms with Crippen molar-refractivity contribution >= 4 is 56.4 Å². The van der Waals surface area contributed by atoms with Crippen molar-refractivity contribution in [2.24, 2.45) is 11.8 Å². The summed E-state index contributed by atoms with van der Waals surface area (Å²) in [5.41, 5.74) is 0. The molecule has 0 rings (SSSR count). The van der Waals surface area contributed by atoms with Crippen molar-refractivity contribution in [3.05, 3.63) is 24.3 Å². The first-order valence-corrected chi connectivity index (χ1v) is 31.1. The number of carbonyl (C=O) groups excluding carboxylic acids is 2. The van der Waals surface area contributed by atoms with Gasteiger partial charge in [-0.3, -0.25) is 0 Å². The number of hydrogen-bond donors (Lipinski definition) is 2. The summed E-state index contributed by atoms with van der Waals surface area (Å²) in [7, 11) is 0. The van der Waals surface area contributed by atoms with Crippen molar-refractivity contribution in [2.75, 3.05) is 11.5 Å². The van der Waals surface area contributed by atoms with Crippen molar-refractivity contribution < 1.29 is 15.7 Å². The van der Waals surface area contributed by atoms with Crippen molar-refractivity contribution in [1.82, 2.24) is 0 Å². The van der Waals surface area contributed by atoms with E-state index in [2.05, 4.69) is 63.4 Å². The van der Waals surface area contributed by atoms with Gasteiger partial charge in [0.1, 0.15) is 0 Å². The van der Waals surface area contributed by atoms with Crippen LogP contribution < -0.4 is 0 Å². The fraction of sp³-hybridized carbons (Fsp3) is 0.864. The van der Waals surface area contributed by atoms with E-state index in [4.69, 9.17) is 6.15 Å². The standard InChI is InChI=1S/2C21H40O2S.2CH3.Sn/c2*1-2-3-4-5-6-7-8-9-10-11-12-13-14-15-16-17-18-20(19-24)21(22)23;;;/h2*9-10,20,24H,2-8,11-19H2,1H3,(H,22,23);2*1H3;/q;;;;+2/p-2/b2*10-9-;;;. The van der Waals surface area contributed by atoms with Gasteiger partial charge in [-0.05, 0) is 25.7 Å². The fourth-order valence-electron chi connectivity index (χ4n) is 6.52. The number of unbranched alkanes of at least 4 members (excludes halogenated alkanes) is 24. The summed E-state index contributed by atoms with van der Waals surface area (Å²) in [6.45, 7) is 4.54. The summed E-state index contributed by atoms with van der Waals surface area (Å²) in [5.74, 6) is -0.00309. The fourth-order valence-corrected chi connectivity index (χ4v) is 11.0. The van der Waals surface area contributed by atoms with E-state index in [1.165, 1.54) is 154 Å². The Labute approximate surface area is 334 Å². The van der Waals surface area contributed by atoms with Gasteiger partial charge in [-0.25, -0.2) is 0 Å². The quantitative estimate of drug-likeness (QED) is 0.0281. The van der Waals surface area contributed by atoms with Crippen molar-refractivity contribution in [2.45, 2.75) is 216 Å². The van der Waals surface area contributed by atoms with Crippen LogP contribution in [0.25, 0.3) is 0 Å². The normalized spacial score (nSPS) is 13.3. The molecule has 0 N–H and O–H groups in total. The second-order valence-electron chi connectivity index (χ2n) is 15.5. The maximum absolute atomic E-state index is 13.0. The van der Waals surface area contributed by atoms with Crippen molar-refractivity contribution in [1.29, 1.82) is 0 Å². The second kappa shape index (κ2) is 38.2. The summed E-state index contributed by atoms with van der Waals surface area (Å²) in [4.78, 5) is 29.7. The minimum absolute atomic E-state index is 0.234. The Morgan fingerprint density at radius 3 is 0.980 bits per heavy atom. The molecule has 300 valence electrons. The topological polar surface area (TPSA) is 52.6 Å². The number of hydrogen-bond acceptors (Lipinski definition) is 6. The van der Waals surface area contributed by atoms with Gasteiger partial charge in [0.2, 0.25) is 0 Å². The van der Waals surface area contributed by atoms with Gasteiger partial charge < -0.3 is 0 Å². The summed E-state index contributed by atoms with van der Waals surface area (Å²) in [6, 6.07) is 0. The van der Waals surface area contributed by atoms with Gasteiger partial charge in [-0.15, -0.1) is 0 Å². The molecule has 0 fully saturated rings. The predicted molar refractivity (Wildman–Crippen MR) is 232 cm³/mol. The Hall–Kier alpha value is -0.0813. The molecule has 0 aromatic heterocycles. The first-order valence-electron chi connectivity index (χ1n) is 21.8. The Morgan fingerprint density at radius 1 is 0.451 bits per heavy atom. The average molecular weight is 860 g/mol. The van der Waals surface area contributed by atoms with Crippen LogP contribution in [0.5, 0.6) is 0 Å². The molecule has 0 saturated heterocycles. The molecule has 0 aromatic carbocycles. The Kier molecular flexibility index (Phi) is 38.1. The summed E-state index contributed by atoms with van der Waals surface area (Å²) < 4.78 is 11.8. The molecular formula is C44H84O4S2Sn. The summed E-state index contributed by atoms with van der Waals surface area (Å²) >= 11 is 5.12. The maximum atomic E-state index is 13.0. The zero-order valence-corrected chi connectivity index (χ0v) is 38.8. The minimum atomic E-state index is -3.79. The molecule has 0 aromatic rings. The third-order valence-corrected chi connectivity index (χ3v) is 14.8. The first kappa shape index (κ1) is 50.9. The monoisotopic (exact) mass is 860 g/mol. The molecular weight excluding hydrogens is 775 g/mol. The molecule has 7 heteroatoms. The van der Waals surface area contributed by atoms with E-state index >= 15 is 0 Å². The predicted octanol–water partition coefficient (Wildman–Crippen LogP) is 14.7. The van der Waals surface area contributed by atoms with Crippen LogP contribution in [0.3, 0.4) is 0 Å². The SMILES string of the molecule is CCCCCCCC/C=C\CCCCCCCCC(CS)C(=O)[O][Sn]([CH3])([CH3])[O]C(=O)C(CS)CCCCCCCC/C=C\CCCCCCCC. The molecule has 2 atom stereocenters. The molecule has 0 aliphatic carbocycles. The smallest absolute Gasteiger partial charge is 0.0885 e. The van der Waals surface area contributed by atoms with Gasteiger partial charge in [0.05, 0.1) is 0 Å². The van der Waals surface area contributed by atoms with Crippen molar-refractivity contribution in [3.8, 4) is 0 Å². The molecule has 0 spiro atoms. The van der Waals surface area contributed by atoms with Crippen LogP contribution in [0.15, 0.2) is 24.3 Å². The third kappa shape index (κ3) is 34.2. The molecule has 2 unspecified atom stereocenters. The molecule has 0 amide bonds. The van der Waals surface area contributed by atoms with Gasteiger partial charge >= 0.3 is 220 Å². The van der Waals surface area contributed by atoms with Crippen LogP contribution in [0.4, 0.5) is 0 Å².